The minimum Gasteiger partial charge on any atom is -0.478 e. The first-order chi connectivity index (χ1) is 17.5. The SMILES string of the molecule is O=C(O)c1ccc(-c2ccc(NC(=O)[C@H]3CCCN3C(=O)Nc3ccc(C(F)(F)F)cc3)cc2)cc1F. The van der Waals surface area contributed by atoms with Gasteiger partial charge in [0, 0.05) is 17.9 Å². The van der Waals surface area contributed by atoms with Crippen molar-refractivity contribution in [3.05, 3.63) is 83.7 Å². The standard InChI is InChI=1S/C26H21F4N3O4/c27-21-14-16(5-12-20(21)24(35)36)15-3-8-18(9-4-15)31-23(34)22-2-1-13-33(22)25(37)32-19-10-6-17(7-11-19)26(28,29)30/h3-12,14,22H,1-2,13H2,(H,31,34)(H,32,37)(H,35,36)/t22-/m1/s1. The van der Waals surface area contributed by atoms with Crippen LogP contribution in [0, 0.1) is 5.82 Å². The summed E-state index contributed by atoms with van der Waals surface area (Å²) in [6, 6.07) is 12.9. The summed E-state index contributed by atoms with van der Waals surface area (Å²) in [5, 5.41) is 14.2. The number of anilines is 2. The number of nitrogens with one attached hydrogen (secondary N) is 2. The summed E-state index contributed by atoms with van der Waals surface area (Å²) < 4.78 is 52.2. The van der Waals surface area contributed by atoms with Crippen LogP contribution >= 0.6 is 0 Å². The predicted molar refractivity (Wildman–Crippen MR) is 128 cm³/mol. The lowest BCUT2D eigenvalue weighted by Gasteiger charge is -2.24. The second-order valence-electron chi connectivity index (χ2n) is 8.42. The third-order valence-corrected chi connectivity index (χ3v) is 5.97. The van der Waals surface area contributed by atoms with Gasteiger partial charge in [-0.3, -0.25) is 4.79 Å². The van der Waals surface area contributed by atoms with Crippen molar-refractivity contribution >= 4 is 29.3 Å². The molecule has 1 atom stereocenters. The zero-order valence-corrected chi connectivity index (χ0v) is 19.2. The monoisotopic (exact) mass is 515 g/mol. The van der Waals surface area contributed by atoms with Gasteiger partial charge in [0.05, 0.1) is 11.1 Å². The number of halogens is 4. The fourth-order valence-electron chi connectivity index (χ4n) is 4.06. The quantitative estimate of drug-likeness (QED) is 0.372. The maximum Gasteiger partial charge on any atom is 0.416 e. The van der Waals surface area contributed by atoms with Gasteiger partial charge in [-0.15, -0.1) is 0 Å². The van der Waals surface area contributed by atoms with E-state index in [1.807, 2.05) is 0 Å². The maximum absolute atomic E-state index is 14.0. The minimum absolute atomic E-state index is 0.174. The van der Waals surface area contributed by atoms with Crippen LogP contribution in [0.5, 0.6) is 0 Å². The Labute approximate surface area is 208 Å². The maximum atomic E-state index is 14.0. The molecule has 0 aromatic heterocycles. The lowest BCUT2D eigenvalue weighted by atomic mass is 10.0. The largest absolute Gasteiger partial charge is 0.478 e. The lowest BCUT2D eigenvalue weighted by Crippen LogP contribution is -2.45. The van der Waals surface area contributed by atoms with Crippen molar-refractivity contribution in [2.75, 3.05) is 17.2 Å². The van der Waals surface area contributed by atoms with E-state index in [1.54, 1.807) is 24.3 Å². The van der Waals surface area contributed by atoms with E-state index in [0.717, 1.165) is 30.3 Å². The summed E-state index contributed by atoms with van der Waals surface area (Å²) >= 11 is 0. The first-order valence-corrected chi connectivity index (χ1v) is 11.2. The number of nitrogens with zero attached hydrogens (tertiary/aromatic N) is 1. The Morgan fingerprint density at radius 1 is 0.865 bits per heavy atom. The van der Waals surface area contributed by atoms with Crippen LogP contribution in [0.15, 0.2) is 66.7 Å². The molecule has 0 unspecified atom stereocenters. The summed E-state index contributed by atoms with van der Waals surface area (Å²) in [5.74, 6) is -2.65. The van der Waals surface area contributed by atoms with Gasteiger partial charge in [0.25, 0.3) is 0 Å². The molecule has 0 bridgehead atoms. The molecule has 1 aliphatic heterocycles. The summed E-state index contributed by atoms with van der Waals surface area (Å²) in [6.45, 7) is 0.307. The second kappa shape index (κ2) is 10.3. The van der Waals surface area contributed by atoms with Crippen molar-refractivity contribution < 1.29 is 37.1 Å². The van der Waals surface area contributed by atoms with Gasteiger partial charge in [0.1, 0.15) is 11.9 Å². The predicted octanol–water partition coefficient (Wildman–Crippen LogP) is 5.84. The Morgan fingerprint density at radius 3 is 2.05 bits per heavy atom. The number of rotatable bonds is 5. The van der Waals surface area contributed by atoms with Gasteiger partial charge in [0.2, 0.25) is 5.91 Å². The smallest absolute Gasteiger partial charge is 0.416 e. The van der Waals surface area contributed by atoms with Crippen LogP contribution in [0.1, 0.15) is 28.8 Å². The molecule has 0 spiro atoms. The fourth-order valence-corrected chi connectivity index (χ4v) is 4.06. The number of hydrogen-bond donors (Lipinski definition) is 3. The van der Waals surface area contributed by atoms with Crippen LogP contribution in [-0.2, 0) is 11.0 Å². The molecule has 7 nitrogen and oxygen atoms in total. The van der Waals surface area contributed by atoms with E-state index in [1.165, 1.54) is 17.0 Å². The number of urea groups is 1. The number of carbonyl (C=O) groups excluding carboxylic acids is 2. The van der Waals surface area contributed by atoms with Gasteiger partial charge in [-0.25, -0.2) is 14.0 Å². The lowest BCUT2D eigenvalue weighted by molar-refractivity contribution is -0.137. The highest BCUT2D eigenvalue weighted by molar-refractivity contribution is 5.99. The Kier molecular flexibility index (Phi) is 7.14. The third kappa shape index (κ3) is 5.88. The van der Waals surface area contributed by atoms with Gasteiger partial charge in [-0.05, 0) is 72.5 Å². The van der Waals surface area contributed by atoms with Crippen LogP contribution in [0.3, 0.4) is 0 Å². The summed E-state index contributed by atoms with van der Waals surface area (Å²) in [7, 11) is 0. The van der Waals surface area contributed by atoms with E-state index in [-0.39, 0.29) is 5.69 Å². The number of amides is 3. The average molecular weight is 515 g/mol. The van der Waals surface area contributed by atoms with Crippen LogP contribution in [0.4, 0.5) is 33.7 Å². The van der Waals surface area contributed by atoms with Gasteiger partial charge in [-0.2, -0.15) is 13.2 Å². The molecule has 1 aliphatic rings. The van der Waals surface area contributed by atoms with Gasteiger partial charge >= 0.3 is 18.2 Å². The molecule has 0 aliphatic carbocycles. The van der Waals surface area contributed by atoms with Crippen LogP contribution < -0.4 is 10.6 Å². The van der Waals surface area contributed by atoms with Crippen molar-refractivity contribution in [2.45, 2.75) is 25.1 Å². The molecule has 192 valence electrons. The van der Waals surface area contributed by atoms with Crippen molar-refractivity contribution in [1.82, 2.24) is 4.90 Å². The molecule has 3 N–H and O–H groups in total. The Morgan fingerprint density at radius 2 is 1.46 bits per heavy atom. The molecule has 4 rings (SSSR count). The van der Waals surface area contributed by atoms with Gasteiger partial charge in [0.15, 0.2) is 0 Å². The number of likely N-dealkylation sites (tertiary alicyclic amines) is 1. The van der Waals surface area contributed by atoms with E-state index in [0.29, 0.717) is 36.2 Å². The molecule has 1 saturated heterocycles. The number of alkyl halides is 3. The fraction of sp³-hybridized carbons (Fsp3) is 0.192. The molecule has 1 heterocycles. The number of carboxylic acid groups (broad SMARTS) is 1. The van der Waals surface area contributed by atoms with E-state index >= 15 is 0 Å². The number of aromatic carboxylic acids is 1. The molecule has 3 aromatic carbocycles. The van der Waals surface area contributed by atoms with E-state index in [9.17, 15) is 31.9 Å². The van der Waals surface area contributed by atoms with Crippen LogP contribution in [0.25, 0.3) is 11.1 Å². The summed E-state index contributed by atoms with van der Waals surface area (Å²) in [4.78, 5) is 37.9. The van der Waals surface area contributed by atoms with Gasteiger partial charge in [-0.1, -0.05) is 18.2 Å². The average Bonchev–Trinajstić information content (AvgIpc) is 3.34. The normalized spacial score (nSPS) is 15.4. The zero-order chi connectivity index (χ0) is 26.7. The van der Waals surface area contributed by atoms with E-state index < -0.39 is 47.1 Å². The molecular formula is C26H21F4N3O4. The van der Waals surface area contributed by atoms with Crippen molar-refractivity contribution in [2.24, 2.45) is 0 Å². The van der Waals surface area contributed by atoms with E-state index in [2.05, 4.69) is 10.6 Å². The third-order valence-electron chi connectivity index (χ3n) is 5.97. The molecule has 1 fully saturated rings. The molecule has 3 amide bonds. The number of carbonyl (C=O) groups is 3. The topological polar surface area (TPSA) is 98.7 Å². The minimum atomic E-state index is -4.49. The summed E-state index contributed by atoms with van der Waals surface area (Å²) in [5.41, 5.74) is 0.404. The number of benzene rings is 3. The van der Waals surface area contributed by atoms with Crippen molar-refractivity contribution in [3.8, 4) is 11.1 Å². The molecular weight excluding hydrogens is 494 g/mol. The molecule has 0 radical (unpaired) electrons. The molecule has 0 saturated carbocycles. The first-order valence-electron chi connectivity index (χ1n) is 11.2. The van der Waals surface area contributed by atoms with Crippen molar-refractivity contribution in [3.63, 3.8) is 0 Å². The highest BCUT2D eigenvalue weighted by Crippen LogP contribution is 2.30. The summed E-state index contributed by atoms with van der Waals surface area (Å²) in [6.07, 6.45) is -3.49. The molecule has 11 heteroatoms. The highest BCUT2D eigenvalue weighted by Gasteiger charge is 2.34. The van der Waals surface area contributed by atoms with Crippen LogP contribution in [-0.4, -0.2) is 40.5 Å². The second-order valence-corrected chi connectivity index (χ2v) is 8.42. The van der Waals surface area contributed by atoms with E-state index in [4.69, 9.17) is 5.11 Å². The molecule has 3 aromatic rings. The first kappa shape index (κ1) is 25.7. The molecule has 37 heavy (non-hydrogen) atoms. The van der Waals surface area contributed by atoms with Gasteiger partial charge < -0.3 is 20.6 Å². The zero-order valence-electron chi connectivity index (χ0n) is 19.2. The highest BCUT2D eigenvalue weighted by atomic mass is 19.4. The number of hydrogen-bond acceptors (Lipinski definition) is 3. The van der Waals surface area contributed by atoms with Crippen LogP contribution in [0.2, 0.25) is 0 Å². The Hall–Kier alpha value is -4.41. The Balaban J connectivity index is 1.39. The Bertz CT molecular complexity index is 1330. The van der Waals surface area contributed by atoms with Crippen molar-refractivity contribution in [1.29, 1.82) is 0 Å². The number of carboxylic acids is 1.